The standard InChI is InChI=1S/C21H34N2O4/c1-13(2)15-8-7-9-16(14(3)4)19(15)27-18(25)10-21(5,6)12-23-20(26)17(22)11-24/h7-9,13-14,17,24H,10-12,22H2,1-6H3,(H,23,26)/t17-/m0/s1. The van der Waals surface area contributed by atoms with Crippen LogP contribution >= 0.6 is 0 Å². The van der Waals surface area contributed by atoms with Gasteiger partial charge in [0.15, 0.2) is 0 Å². The molecule has 0 aliphatic carbocycles. The molecular weight excluding hydrogens is 344 g/mol. The average Bonchev–Trinajstić information content (AvgIpc) is 2.58. The van der Waals surface area contributed by atoms with Crippen molar-refractivity contribution in [1.82, 2.24) is 5.32 Å². The minimum absolute atomic E-state index is 0.144. The van der Waals surface area contributed by atoms with Gasteiger partial charge in [-0.25, -0.2) is 0 Å². The predicted molar refractivity (Wildman–Crippen MR) is 107 cm³/mol. The van der Waals surface area contributed by atoms with Gasteiger partial charge in [-0.3, -0.25) is 9.59 Å². The van der Waals surface area contributed by atoms with E-state index < -0.39 is 24.0 Å². The topological polar surface area (TPSA) is 102 Å². The van der Waals surface area contributed by atoms with E-state index >= 15 is 0 Å². The van der Waals surface area contributed by atoms with Crippen LogP contribution in [0.3, 0.4) is 0 Å². The summed E-state index contributed by atoms with van der Waals surface area (Å²) < 4.78 is 5.79. The Kier molecular flexibility index (Phi) is 8.44. The lowest BCUT2D eigenvalue weighted by Gasteiger charge is -2.25. The fraction of sp³-hybridized carbons (Fsp3) is 0.619. The summed E-state index contributed by atoms with van der Waals surface area (Å²) >= 11 is 0. The maximum absolute atomic E-state index is 12.6. The molecule has 0 saturated carbocycles. The van der Waals surface area contributed by atoms with Crippen molar-refractivity contribution in [3.63, 3.8) is 0 Å². The maximum atomic E-state index is 12.6. The van der Waals surface area contributed by atoms with E-state index in [0.717, 1.165) is 11.1 Å². The van der Waals surface area contributed by atoms with Gasteiger partial charge < -0.3 is 20.9 Å². The number of ether oxygens (including phenoxy) is 1. The smallest absolute Gasteiger partial charge is 0.311 e. The molecule has 6 nitrogen and oxygen atoms in total. The summed E-state index contributed by atoms with van der Waals surface area (Å²) in [6.07, 6.45) is 0.144. The Morgan fingerprint density at radius 2 is 1.67 bits per heavy atom. The van der Waals surface area contributed by atoms with E-state index in [1.807, 2.05) is 32.0 Å². The van der Waals surface area contributed by atoms with Gasteiger partial charge in [0, 0.05) is 6.54 Å². The SMILES string of the molecule is CC(C)c1cccc(C(C)C)c1OC(=O)CC(C)(C)CNC(=O)[C@@H](N)CO. The number of hydrogen-bond donors (Lipinski definition) is 3. The highest BCUT2D eigenvalue weighted by Crippen LogP contribution is 2.35. The number of carbonyl (C=O) groups is 2. The molecule has 0 aromatic heterocycles. The van der Waals surface area contributed by atoms with Crippen LogP contribution in [0, 0.1) is 5.41 Å². The fourth-order valence-corrected chi connectivity index (χ4v) is 2.74. The van der Waals surface area contributed by atoms with Crippen molar-refractivity contribution in [1.29, 1.82) is 0 Å². The van der Waals surface area contributed by atoms with Crippen molar-refractivity contribution in [2.75, 3.05) is 13.2 Å². The van der Waals surface area contributed by atoms with Gasteiger partial charge in [0.2, 0.25) is 5.91 Å². The zero-order chi connectivity index (χ0) is 20.8. The van der Waals surface area contributed by atoms with Gasteiger partial charge in [-0.1, -0.05) is 59.7 Å². The maximum Gasteiger partial charge on any atom is 0.311 e. The molecule has 1 aromatic carbocycles. The predicted octanol–water partition coefficient (Wildman–Crippen LogP) is 2.69. The molecule has 0 fully saturated rings. The lowest BCUT2D eigenvalue weighted by atomic mass is 9.89. The molecule has 6 heteroatoms. The molecule has 152 valence electrons. The van der Waals surface area contributed by atoms with Gasteiger partial charge >= 0.3 is 5.97 Å². The average molecular weight is 379 g/mol. The number of nitrogens with two attached hydrogens (primary N) is 1. The summed E-state index contributed by atoms with van der Waals surface area (Å²) in [5.74, 6) is 0.342. The second-order valence-corrected chi connectivity index (χ2v) is 8.40. The molecule has 0 heterocycles. The zero-order valence-electron chi connectivity index (χ0n) is 17.3. The number of aliphatic hydroxyl groups excluding tert-OH is 1. The minimum Gasteiger partial charge on any atom is -0.426 e. The lowest BCUT2D eigenvalue weighted by Crippen LogP contribution is -2.46. The van der Waals surface area contributed by atoms with E-state index in [-0.39, 0.29) is 30.8 Å². The Hall–Kier alpha value is -1.92. The summed E-state index contributed by atoms with van der Waals surface area (Å²) in [5, 5.41) is 11.6. The molecule has 1 rings (SSSR count). The number of rotatable bonds is 9. The largest absolute Gasteiger partial charge is 0.426 e. The Labute approximate surface area is 162 Å². The minimum atomic E-state index is -0.959. The van der Waals surface area contributed by atoms with Gasteiger partial charge in [0.25, 0.3) is 0 Å². The van der Waals surface area contributed by atoms with Crippen LogP contribution in [0.5, 0.6) is 5.75 Å². The molecule has 1 aromatic rings. The van der Waals surface area contributed by atoms with Crippen molar-refractivity contribution >= 4 is 11.9 Å². The Balaban J connectivity index is 2.86. The lowest BCUT2D eigenvalue weighted by molar-refractivity contribution is -0.137. The molecule has 0 spiro atoms. The highest BCUT2D eigenvalue weighted by molar-refractivity contribution is 5.81. The van der Waals surface area contributed by atoms with Gasteiger partial charge in [-0.05, 0) is 28.4 Å². The van der Waals surface area contributed by atoms with Crippen molar-refractivity contribution in [2.45, 2.75) is 65.8 Å². The van der Waals surface area contributed by atoms with Crippen LogP contribution in [-0.2, 0) is 9.59 Å². The van der Waals surface area contributed by atoms with E-state index in [4.69, 9.17) is 15.6 Å². The summed E-state index contributed by atoms with van der Waals surface area (Å²) in [6.45, 7) is 11.9. The first-order valence-electron chi connectivity index (χ1n) is 9.46. The highest BCUT2D eigenvalue weighted by Gasteiger charge is 2.26. The number of nitrogens with one attached hydrogen (secondary N) is 1. The number of para-hydroxylation sites is 1. The van der Waals surface area contributed by atoms with Crippen LogP contribution < -0.4 is 15.8 Å². The molecule has 1 amide bonds. The Bertz CT molecular complexity index is 627. The number of amides is 1. The summed E-state index contributed by atoms with van der Waals surface area (Å²) in [4.78, 5) is 24.3. The van der Waals surface area contributed by atoms with E-state index in [2.05, 4.69) is 33.0 Å². The number of aliphatic hydroxyl groups is 1. The van der Waals surface area contributed by atoms with E-state index in [1.165, 1.54) is 0 Å². The van der Waals surface area contributed by atoms with Crippen molar-refractivity contribution in [2.24, 2.45) is 11.1 Å². The van der Waals surface area contributed by atoms with Crippen LogP contribution in [0.25, 0.3) is 0 Å². The highest BCUT2D eigenvalue weighted by atomic mass is 16.5. The molecule has 0 aliphatic rings. The normalized spacial score (nSPS) is 13.0. The number of benzene rings is 1. The van der Waals surface area contributed by atoms with Crippen LogP contribution in [-0.4, -0.2) is 36.2 Å². The third kappa shape index (κ3) is 6.96. The number of carbonyl (C=O) groups excluding carboxylic acids is 2. The molecule has 4 N–H and O–H groups in total. The van der Waals surface area contributed by atoms with Gasteiger partial charge in [0.1, 0.15) is 11.8 Å². The van der Waals surface area contributed by atoms with Crippen molar-refractivity contribution in [3.8, 4) is 5.75 Å². The van der Waals surface area contributed by atoms with E-state index in [0.29, 0.717) is 5.75 Å². The molecule has 0 saturated heterocycles. The zero-order valence-corrected chi connectivity index (χ0v) is 17.3. The second kappa shape index (κ2) is 9.85. The van der Waals surface area contributed by atoms with E-state index in [9.17, 15) is 9.59 Å². The molecule has 0 aliphatic heterocycles. The quantitative estimate of drug-likeness (QED) is 0.453. The summed E-state index contributed by atoms with van der Waals surface area (Å²) in [6, 6.07) is 5.01. The first-order chi connectivity index (χ1) is 12.5. The molecule has 0 radical (unpaired) electrons. The monoisotopic (exact) mass is 378 g/mol. The Morgan fingerprint density at radius 3 is 2.11 bits per heavy atom. The summed E-state index contributed by atoms with van der Waals surface area (Å²) in [7, 11) is 0. The first-order valence-corrected chi connectivity index (χ1v) is 9.46. The van der Waals surface area contributed by atoms with Crippen molar-refractivity contribution < 1.29 is 19.4 Å². The molecule has 1 atom stereocenters. The van der Waals surface area contributed by atoms with Crippen LogP contribution in [0.1, 0.15) is 70.9 Å². The van der Waals surface area contributed by atoms with Crippen LogP contribution in [0.4, 0.5) is 0 Å². The summed E-state index contributed by atoms with van der Waals surface area (Å²) in [5.41, 5.74) is 7.00. The second-order valence-electron chi connectivity index (χ2n) is 8.40. The molecular formula is C21H34N2O4. The first kappa shape index (κ1) is 23.1. The molecule has 0 unspecified atom stereocenters. The molecule has 27 heavy (non-hydrogen) atoms. The van der Waals surface area contributed by atoms with Crippen LogP contribution in [0.15, 0.2) is 18.2 Å². The van der Waals surface area contributed by atoms with Crippen LogP contribution in [0.2, 0.25) is 0 Å². The van der Waals surface area contributed by atoms with E-state index in [1.54, 1.807) is 0 Å². The van der Waals surface area contributed by atoms with Gasteiger partial charge in [-0.2, -0.15) is 0 Å². The van der Waals surface area contributed by atoms with Crippen molar-refractivity contribution in [3.05, 3.63) is 29.3 Å². The van der Waals surface area contributed by atoms with Gasteiger partial charge in [-0.15, -0.1) is 0 Å². The Morgan fingerprint density at radius 1 is 1.15 bits per heavy atom. The number of hydrogen-bond acceptors (Lipinski definition) is 5. The van der Waals surface area contributed by atoms with Gasteiger partial charge in [0.05, 0.1) is 13.0 Å². The number of esters is 1. The third-order valence-electron chi connectivity index (χ3n) is 4.43. The third-order valence-corrected chi connectivity index (χ3v) is 4.43. The fourth-order valence-electron chi connectivity index (χ4n) is 2.74. The molecule has 0 bridgehead atoms.